The number of fused-ring (bicyclic) bond motifs is 3. The zero-order valence-corrected chi connectivity index (χ0v) is 16.3. The summed E-state index contributed by atoms with van der Waals surface area (Å²) >= 11 is 0. The van der Waals surface area contributed by atoms with Gasteiger partial charge in [-0.25, -0.2) is 0 Å². The van der Waals surface area contributed by atoms with Crippen molar-refractivity contribution in [3.63, 3.8) is 0 Å². The number of pyridine rings is 2. The van der Waals surface area contributed by atoms with Crippen LogP contribution in [0.4, 0.5) is 0 Å². The van der Waals surface area contributed by atoms with Gasteiger partial charge < -0.3 is 4.42 Å². The summed E-state index contributed by atoms with van der Waals surface area (Å²) in [7, 11) is 4.20. The summed E-state index contributed by atoms with van der Waals surface area (Å²) in [5.74, 6) is 0. The summed E-state index contributed by atoms with van der Waals surface area (Å²) < 4.78 is 10.7. The standard InChI is InChI=1S/C25H22N2O/c1-17-14-15-19-18-9-4-5-13-23(18)28-25(19)24(17)22-12-8-11-21(27(22)3)20-10-6-7-16-26(20)2/h4-16H,1-3H3/q+2. The second-order valence-corrected chi connectivity index (χ2v) is 7.28. The molecule has 3 nitrogen and oxygen atoms in total. The smallest absolute Gasteiger partial charge is 0.277 e. The van der Waals surface area contributed by atoms with Gasteiger partial charge >= 0.3 is 0 Å². The van der Waals surface area contributed by atoms with Gasteiger partial charge in [0.25, 0.3) is 11.4 Å². The summed E-state index contributed by atoms with van der Waals surface area (Å²) in [5.41, 5.74) is 7.70. The lowest BCUT2D eigenvalue weighted by atomic mass is 10.00. The van der Waals surface area contributed by atoms with Gasteiger partial charge in [0.15, 0.2) is 6.20 Å². The molecule has 0 amide bonds. The largest absolute Gasteiger partial charge is 0.455 e. The van der Waals surface area contributed by atoms with Gasteiger partial charge in [0, 0.05) is 35.0 Å². The van der Waals surface area contributed by atoms with Crippen molar-refractivity contribution < 1.29 is 13.6 Å². The topological polar surface area (TPSA) is 20.9 Å². The van der Waals surface area contributed by atoms with Crippen molar-refractivity contribution in [3.05, 3.63) is 84.6 Å². The van der Waals surface area contributed by atoms with Crippen LogP contribution in [-0.2, 0) is 14.1 Å². The maximum Gasteiger partial charge on any atom is 0.277 e. The van der Waals surface area contributed by atoms with Crippen LogP contribution in [0.1, 0.15) is 5.56 Å². The van der Waals surface area contributed by atoms with Crippen molar-refractivity contribution in [1.29, 1.82) is 0 Å². The number of nitrogens with zero attached hydrogens (tertiary/aromatic N) is 2. The predicted molar refractivity (Wildman–Crippen MR) is 112 cm³/mol. The van der Waals surface area contributed by atoms with Gasteiger partial charge in [-0.1, -0.05) is 30.3 Å². The first-order chi connectivity index (χ1) is 13.6. The molecule has 3 heteroatoms. The third kappa shape index (κ3) is 2.43. The zero-order valence-electron chi connectivity index (χ0n) is 16.3. The number of aromatic nitrogens is 2. The van der Waals surface area contributed by atoms with Crippen LogP contribution in [0.15, 0.2) is 83.4 Å². The molecule has 0 aliphatic carbocycles. The third-order valence-corrected chi connectivity index (χ3v) is 5.56. The van der Waals surface area contributed by atoms with Crippen LogP contribution in [0.5, 0.6) is 0 Å². The highest BCUT2D eigenvalue weighted by Crippen LogP contribution is 2.36. The van der Waals surface area contributed by atoms with Crippen molar-refractivity contribution in [2.75, 3.05) is 0 Å². The van der Waals surface area contributed by atoms with Crippen LogP contribution >= 0.6 is 0 Å². The SMILES string of the molecule is Cc1ccc2c(oc3ccccc32)c1-c1cccc(-c2cccc[n+]2C)[n+]1C. The number of rotatable bonds is 2. The van der Waals surface area contributed by atoms with Gasteiger partial charge in [0.05, 0.1) is 5.56 Å². The minimum Gasteiger partial charge on any atom is -0.455 e. The van der Waals surface area contributed by atoms with Crippen molar-refractivity contribution in [3.8, 4) is 22.6 Å². The van der Waals surface area contributed by atoms with E-state index >= 15 is 0 Å². The molecule has 0 bridgehead atoms. The molecule has 0 unspecified atom stereocenters. The number of benzene rings is 2. The first-order valence-electron chi connectivity index (χ1n) is 9.50. The first kappa shape index (κ1) is 16.7. The fourth-order valence-corrected chi connectivity index (χ4v) is 4.09. The molecule has 136 valence electrons. The molecule has 0 aliphatic rings. The summed E-state index contributed by atoms with van der Waals surface area (Å²) in [6, 6.07) is 25.3. The second-order valence-electron chi connectivity index (χ2n) is 7.28. The van der Waals surface area contributed by atoms with Crippen LogP contribution < -0.4 is 9.13 Å². The molecule has 28 heavy (non-hydrogen) atoms. The van der Waals surface area contributed by atoms with E-state index in [-0.39, 0.29) is 0 Å². The van der Waals surface area contributed by atoms with E-state index in [1.807, 2.05) is 18.2 Å². The average Bonchev–Trinajstić information content (AvgIpc) is 3.08. The lowest BCUT2D eigenvalue weighted by Gasteiger charge is -2.07. The second kappa shape index (κ2) is 6.31. The summed E-state index contributed by atoms with van der Waals surface area (Å²) in [5, 5.41) is 2.32. The van der Waals surface area contributed by atoms with Gasteiger partial charge in [-0.05, 0) is 30.7 Å². The molecule has 0 atom stereocenters. The van der Waals surface area contributed by atoms with Gasteiger partial charge in [0.1, 0.15) is 25.3 Å². The molecule has 0 spiro atoms. The molecule has 0 radical (unpaired) electrons. The Kier molecular flexibility index (Phi) is 3.76. The maximum absolute atomic E-state index is 6.32. The Morgan fingerprint density at radius 1 is 0.679 bits per heavy atom. The number of aryl methyl sites for hydroxylation is 2. The monoisotopic (exact) mass is 366 g/mol. The van der Waals surface area contributed by atoms with Gasteiger partial charge in [-0.3, -0.25) is 0 Å². The summed E-state index contributed by atoms with van der Waals surface area (Å²) in [4.78, 5) is 0. The van der Waals surface area contributed by atoms with Crippen LogP contribution in [-0.4, -0.2) is 0 Å². The molecule has 0 fully saturated rings. The quantitative estimate of drug-likeness (QED) is 0.408. The highest BCUT2D eigenvalue weighted by molar-refractivity contribution is 6.09. The van der Waals surface area contributed by atoms with Crippen LogP contribution in [0.25, 0.3) is 44.6 Å². The lowest BCUT2D eigenvalue weighted by Crippen LogP contribution is -2.39. The average molecular weight is 366 g/mol. The lowest BCUT2D eigenvalue weighted by molar-refractivity contribution is -0.685. The minimum atomic E-state index is 0.928. The van der Waals surface area contributed by atoms with E-state index in [0.29, 0.717) is 0 Å². The zero-order chi connectivity index (χ0) is 19.3. The molecule has 3 heterocycles. The fraction of sp³-hybridized carbons (Fsp3) is 0.120. The van der Waals surface area contributed by atoms with E-state index in [9.17, 15) is 0 Å². The first-order valence-corrected chi connectivity index (χ1v) is 9.50. The van der Waals surface area contributed by atoms with E-state index in [1.54, 1.807) is 0 Å². The Morgan fingerprint density at radius 2 is 1.43 bits per heavy atom. The predicted octanol–water partition coefficient (Wildman–Crippen LogP) is 4.88. The van der Waals surface area contributed by atoms with Crippen LogP contribution in [0.3, 0.4) is 0 Å². The Balaban J connectivity index is 1.83. The third-order valence-electron chi connectivity index (χ3n) is 5.56. The molecule has 2 aromatic carbocycles. The van der Waals surface area contributed by atoms with Gasteiger partial charge in [0.2, 0.25) is 5.69 Å². The summed E-state index contributed by atoms with van der Waals surface area (Å²) in [6.45, 7) is 2.15. The van der Waals surface area contributed by atoms with Gasteiger partial charge in [-0.2, -0.15) is 9.13 Å². The Morgan fingerprint density at radius 3 is 2.29 bits per heavy atom. The van der Waals surface area contributed by atoms with Crippen molar-refractivity contribution >= 4 is 21.9 Å². The molecule has 0 aliphatic heterocycles. The molecule has 0 saturated heterocycles. The Hall–Kier alpha value is -3.46. The van der Waals surface area contributed by atoms with E-state index in [2.05, 4.69) is 90.9 Å². The highest BCUT2D eigenvalue weighted by Gasteiger charge is 2.25. The number of hydrogen-bond donors (Lipinski definition) is 0. The van der Waals surface area contributed by atoms with E-state index < -0.39 is 0 Å². The molecule has 3 aromatic heterocycles. The normalized spacial score (nSPS) is 11.4. The highest BCUT2D eigenvalue weighted by atomic mass is 16.3. The van der Waals surface area contributed by atoms with E-state index in [0.717, 1.165) is 38.9 Å². The Labute approximate surface area is 164 Å². The Bertz CT molecular complexity index is 1350. The molecular weight excluding hydrogens is 344 g/mol. The summed E-state index contributed by atoms with van der Waals surface area (Å²) in [6.07, 6.45) is 2.08. The van der Waals surface area contributed by atoms with Crippen molar-refractivity contribution in [1.82, 2.24) is 0 Å². The maximum atomic E-state index is 6.32. The van der Waals surface area contributed by atoms with Crippen LogP contribution in [0.2, 0.25) is 0 Å². The number of hydrogen-bond acceptors (Lipinski definition) is 1. The van der Waals surface area contributed by atoms with E-state index in [1.165, 1.54) is 11.3 Å². The fourth-order valence-electron chi connectivity index (χ4n) is 4.09. The van der Waals surface area contributed by atoms with Crippen molar-refractivity contribution in [2.24, 2.45) is 14.1 Å². The van der Waals surface area contributed by atoms with E-state index in [4.69, 9.17) is 4.42 Å². The molecular formula is C25H22N2O+2. The minimum absolute atomic E-state index is 0.928. The van der Waals surface area contributed by atoms with Crippen molar-refractivity contribution in [2.45, 2.75) is 6.92 Å². The number of para-hydroxylation sites is 1. The molecule has 0 saturated carbocycles. The van der Waals surface area contributed by atoms with Crippen LogP contribution in [0, 0.1) is 6.92 Å². The van der Waals surface area contributed by atoms with Gasteiger partial charge in [-0.15, -0.1) is 0 Å². The molecule has 5 rings (SSSR count). The number of furan rings is 1. The molecule has 5 aromatic rings. The molecule has 0 N–H and O–H groups in total.